The van der Waals surface area contributed by atoms with E-state index in [1.165, 1.54) is 0 Å². The number of nitrogens with one attached hydrogen (secondary N) is 1. The van der Waals surface area contributed by atoms with E-state index in [0.29, 0.717) is 43.8 Å². The maximum atomic E-state index is 13.1. The highest BCUT2D eigenvalue weighted by molar-refractivity contribution is 6.31. The van der Waals surface area contributed by atoms with E-state index in [4.69, 9.17) is 11.6 Å². The summed E-state index contributed by atoms with van der Waals surface area (Å²) in [5.74, 6) is -0.113. The molecule has 0 unspecified atom stereocenters. The van der Waals surface area contributed by atoms with Gasteiger partial charge in [-0.15, -0.1) is 0 Å². The van der Waals surface area contributed by atoms with Crippen molar-refractivity contribution in [3.63, 3.8) is 0 Å². The Hall–Kier alpha value is -2.33. The van der Waals surface area contributed by atoms with Gasteiger partial charge in [-0.2, -0.15) is 0 Å². The summed E-state index contributed by atoms with van der Waals surface area (Å²) in [5, 5.41) is 3.53. The van der Waals surface area contributed by atoms with Crippen LogP contribution in [0.5, 0.6) is 0 Å². The van der Waals surface area contributed by atoms with Crippen LogP contribution >= 0.6 is 11.6 Å². The Morgan fingerprint density at radius 3 is 2.32 bits per heavy atom. The quantitative estimate of drug-likeness (QED) is 0.647. The van der Waals surface area contributed by atoms with Gasteiger partial charge in [-0.05, 0) is 43.4 Å². The van der Waals surface area contributed by atoms with Gasteiger partial charge < -0.3 is 10.2 Å². The standard InChI is InChI=1S/C23H29ClN2O2/c1-3-21(23(28)25-4-2)26(17-16-18-10-6-5-7-11-18)22(27)15-14-19-12-8-9-13-20(19)24/h5-13,21H,3-4,14-17H2,1-2H3,(H,25,28)/t21-/m0/s1. The fourth-order valence-corrected chi connectivity index (χ4v) is 3.50. The minimum Gasteiger partial charge on any atom is -0.355 e. The molecule has 150 valence electrons. The van der Waals surface area contributed by atoms with Gasteiger partial charge in [0, 0.05) is 24.5 Å². The minimum absolute atomic E-state index is 0.0195. The van der Waals surface area contributed by atoms with Crippen LogP contribution in [0.2, 0.25) is 5.02 Å². The van der Waals surface area contributed by atoms with E-state index in [-0.39, 0.29) is 11.8 Å². The molecule has 0 aliphatic carbocycles. The molecule has 0 saturated carbocycles. The van der Waals surface area contributed by atoms with Crippen molar-refractivity contribution in [1.29, 1.82) is 0 Å². The van der Waals surface area contributed by atoms with Crippen LogP contribution in [0, 0.1) is 0 Å². The Morgan fingerprint density at radius 1 is 1.00 bits per heavy atom. The first-order valence-electron chi connectivity index (χ1n) is 9.91. The van der Waals surface area contributed by atoms with Gasteiger partial charge >= 0.3 is 0 Å². The van der Waals surface area contributed by atoms with Crippen LogP contribution in [-0.2, 0) is 22.4 Å². The Kier molecular flexibility index (Phi) is 9.02. The fraction of sp³-hybridized carbons (Fsp3) is 0.391. The van der Waals surface area contributed by atoms with E-state index in [1.807, 2.05) is 68.4 Å². The molecular weight excluding hydrogens is 372 g/mol. The maximum Gasteiger partial charge on any atom is 0.242 e. The van der Waals surface area contributed by atoms with Crippen LogP contribution in [0.1, 0.15) is 37.8 Å². The van der Waals surface area contributed by atoms with Crippen LogP contribution in [0.3, 0.4) is 0 Å². The molecule has 2 rings (SSSR count). The van der Waals surface area contributed by atoms with Crippen molar-refractivity contribution >= 4 is 23.4 Å². The Bertz CT molecular complexity index is 764. The number of likely N-dealkylation sites (N-methyl/N-ethyl adjacent to an activating group) is 1. The second-order valence-corrected chi connectivity index (χ2v) is 7.14. The third-order valence-electron chi connectivity index (χ3n) is 4.79. The normalized spacial score (nSPS) is 11.7. The monoisotopic (exact) mass is 400 g/mol. The van der Waals surface area contributed by atoms with Crippen molar-refractivity contribution in [2.24, 2.45) is 0 Å². The molecule has 1 atom stereocenters. The number of hydrogen-bond donors (Lipinski definition) is 1. The van der Waals surface area contributed by atoms with Crippen molar-refractivity contribution in [2.45, 2.75) is 45.6 Å². The zero-order chi connectivity index (χ0) is 20.4. The lowest BCUT2D eigenvalue weighted by Crippen LogP contribution is -2.50. The number of rotatable bonds is 10. The summed E-state index contributed by atoms with van der Waals surface area (Å²) < 4.78 is 0. The molecule has 2 amide bonds. The molecule has 0 aliphatic heterocycles. The zero-order valence-corrected chi connectivity index (χ0v) is 17.4. The lowest BCUT2D eigenvalue weighted by Gasteiger charge is -2.30. The topological polar surface area (TPSA) is 49.4 Å². The SMILES string of the molecule is CCNC(=O)[C@H](CC)N(CCc1ccccc1)C(=O)CCc1ccccc1Cl. The average molecular weight is 401 g/mol. The van der Waals surface area contributed by atoms with Gasteiger partial charge in [-0.1, -0.05) is 67.1 Å². The highest BCUT2D eigenvalue weighted by Gasteiger charge is 2.27. The van der Waals surface area contributed by atoms with E-state index in [0.717, 1.165) is 11.1 Å². The van der Waals surface area contributed by atoms with E-state index < -0.39 is 6.04 Å². The molecule has 1 N–H and O–H groups in total. The first kappa shape index (κ1) is 22.0. The van der Waals surface area contributed by atoms with Crippen LogP contribution < -0.4 is 5.32 Å². The Labute approximate surface area is 172 Å². The Morgan fingerprint density at radius 2 is 1.68 bits per heavy atom. The number of halogens is 1. The summed E-state index contributed by atoms with van der Waals surface area (Å²) >= 11 is 6.22. The molecule has 0 heterocycles. The number of aryl methyl sites for hydroxylation is 1. The predicted octanol–water partition coefficient (Wildman–Crippen LogP) is 4.26. The number of carbonyl (C=O) groups excluding carboxylic acids is 2. The van der Waals surface area contributed by atoms with E-state index >= 15 is 0 Å². The van der Waals surface area contributed by atoms with Crippen LogP contribution in [0.4, 0.5) is 0 Å². The lowest BCUT2D eigenvalue weighted by atomic mass is 10.1. The van der Waals surface area contributed by atoms with Gasteiger partial charge in [0.15, 0.2) is 0 Å². The number of benzene rings is 2. The number of nitrogens with zero attached hydrogens (tertiary/aromatic N) is 1. The molecule has 0 spiro atoms. The Balaban J connectivity index is 2.11. The summed E-state index contributed by atoms with van der Waals surface area (Å²) in [6.45, 7) is 4.89. The van der Waals surface area contributed by atoms with Crippen molar-refractivity contribution in [3.05, 3.63) is 70.7 Å². The first-order valence-corrected chi connectivity index (χ1v) is 10.3. The third kappa shape index (κ3) is 6.38. The molecular formula is C23H29ClN2O2. The molecule has 0 aromatic heterocycles. The molecule has 2 aromatic rings. The smallest absolute Gasteiger partial charge is 0.242 e. The van der Waals surface area contributed by atoms with Gasteiger partial charge in [0.05, 0.1) is 0 Å². The molecule has 0 fully saturated rings. The number of hydrogen-bond acceptors (Lipinski definition) is 2. The van der Waals surface area contributed by atoms with Gasteiger partial charge in [-0.3, -0.25) is 9.59 Å². The molecule has 4 nitrogen and oxygen atoms in total. The largest absolute Gasteiger partial charge is 0.355 e. The van der Waals surface area contributed by atoms with Gasteiger partial charge in [-0.25, -0.2) is 0 Å². The summed E-state index contributed by atoms with van der Waals surface area (Å²) in [4.78, 5) is 27.3. The summed E-state index contributed by atoms with van der Waals surface area (Å²) in [7, 11) is 0. The zero-order valence-electron chi connectivity index (χ0n) is 16.7. The van der Waals surface area contributed by atoms with Gasteiger partial charge in [0.2, 0.25) is 11.8 Å². The van der Waals surface area contributed by atoms with Gasteiger partial charge in [0.1, 0.15) is 6.04 Å². The van der Waals surface area contributed by atoms with Crippen molar-refractivity contribution in [1.82, 2.24) is 10.2 Å². The highest BCUT2D eigenvalue weighted by atomic mass is 35.5. The van der Waals surface area contributed by atoms with Crippen molar-refractivity contribution in [2.75, 3.05) is 13.1 Å². The maximum absolute atomic E-state index is 13.1. The summed E-state index contributed by atoms with van der Waals surface area (Å²) in [6, 6.07) is 17.1. The van der Waals surface area contributed by atoms with Crippen molar-refractivity contribution in [3.8, 4) is 0 Å². The summed E-state index contributed by atoms with van der Waals surface area (Å²) in [5.41, 5.74) is 2.10. The molecule has 0 bridgehead atoms. The molecule has 5 heteroatoms. The number of carbonyl (C=O) groups is 2. The van der Waals surface area contributed by atoms with E-state index in [2.05, 4.69) is 5.32 Å². The highest BCUT2D eigenvalue weighted by Crippen LogP contribution is 2.18. The molecule has 2 aromatic carbocycles. The minimum atomic E-state index is -0.456. The van der Waals surface area contributed by atoms with Gasteiger partial charge in [0.25, 0.3) is 0 Å². The third-order valence-corrected chi connectivity index (χ3v) is 5.16. The van der Waals surface area contributed by atoms with E-state index in [9.17, 15) is 9.59 Å². The van der Waals surface area contributed by atoms with Crippen LogP contribution in [0.25, 0.3) is 0 Å². The van der Waals surface area contributed by atoms with Crippen LogP contribution in [-0.4, -0.2) is 35.8 Å². The fourth-order valence-electron chi connectivity index (χ4n) is 3.27. The second kappa shape index (κ2) is 11.5. The number of amides is 2. The van der Waals surface area contributed by atoms with Crippen molar-refractivity contribution < 1.29 is 9.59 Å². The molecule has 0 radical (unpaired) electrons. The molecule has 0 aliphatic rings. The average Bonchev–Trinajstić information content (AvgIpc) is 2.71. The summed E-state index contributed by atoms with van der Waals surface area (Å²) in [6.07, 6.45) is 2.19. The van der Waals surface area contributed by atoms with Crippen LogP contribution in [0.15, 0.2) is 54.6 Å². The van der Waals surface area contributed by atoms with E-state index in [1.54, 1.807) is 4.90 Å². The molecule has 28 heavy (non-hydrogen) atoms. The second-order valence-electron chi connectivity index (χ2n) is 6.73. The first-order chi connectivity index (χ1) is 13.6. The lowest BCUT2D eigenvalue weighted by molar-refractivity contribution is -0.140. The predicted molar refractivity (Wildman–Crippen MR) is 114 cm³/mol. The molecule has 0 saturated heterocycles.